The molecule has 2 amide bonds. The van der Waals surface area contributed by atoms with Crippen LogP contribution in [0.15, 0.2) is 46.9 Å². The molecule has 0 unspecified atom stereocenters. The summed E-state index contributed by atoms with van der Waals surface area (Å²) in [6, 6.07) is 10.9. The maximum Gasteiger partial charge on any atom is 0.253 e. The highest BCUT2D eigenvalue weighted by atomic mass is 32.2. The molecule has 0 aliphatic heterocycles. The van der Waals surface area contributed by atoms with Crippen LogP contribution in [-0.2, 0) is 11.2 Å². The van der Waals surface area contributed by atoms with Gasteiger partial charge in [0, 0.05) is 36.6 Å². The monoisotopic (exact) mass is 401 g/mol. The molecule has 0 spiro atoms. The van der Waals surface area contributed by atoms with Gasteiger partial charge < -0.3 is 10.2 Å². The van der Waals surface area contributed by atoms with E-state index in [0.717, 1.165) is 5.82 Å². The Balaban J connectivity index is 1.48. The zero-order valence-corrected chi connectivity index (χ0v) is 16.6. The molecule has 3 aromatic rings. The first-order valence-corrected chi connectivity index (χ1v) is 10.1. The largest absolute Gasteiger partial charge is 0.345 e. The van der Waals surface area contributed by atoms with Gasteiger partial charge in [-0.1, -0.05) is 17.8 Å². The molecule has 2 heterocycles. The number of hydrogen-bond donors (Lipinski definition) is 2. The van der Waals surface area contributed by atoms with Crippen LogP contribution in [0, 0.1) is 0 Å². The Kier molecular flexibility index (Phi) is 6.25. The van der Waals surface area contributed by atoms with Gasteiger partial charge in [-0.15, -0.1) is 16.4 Å². The van der Waals surface area contributed by atoms with Crippen LogP contribution >= 0.6 is 23.1 Å². The van der Waals surface area contributed by atoms with E-state index >= 15 is 0 Å². The van der Waals surface area contributed by atoms with Crippen molar-refractivity contribution in [2.45, 2.75) is 11.6 Å². The molecule has 7 nitrogen and oxygen atoms in total. The molecular formula is C18H19N5O2S2. The Morgan fingerprint density at radius 3 is 2.67 bits per heavy atom. The quantitative estimate of drug-likeness (QED) is 0.594. The highest BCUT2D eigenvalue weighted by molar-refractivity contribution is 7.99. The number of carbonyl (C=O) groups is 2. The number of carbonyl (C=O) groups excluding carboxylic acids is 2. The minimum Gasteiger partial charge on any atom is -0.345 e. The first-order chi connectivity index (χ1) is 13.0. The SMILES string of the molecule is CN(C)C(=O)c1ccc(NC(=O)CSc2n[nH]c(Cc3cccs3)n2)cc1. The molecule has 27 heavy (non-hydrogen) atoms. The molecular weight excluding hydrogens is 382 g/mol. The van der Waals surface area contributed by atoms with Gasteiger partial charge in [-0.05, 0) is 35.7 Å². The first kappa shape index (κ1) is 19.1. The third kappa shape index (κ3) is 5.41. The van der Waals surface area contributed by atoms with Crippen LogP contribution in [0.1, 0.15) is 21.1 Å². The van der Waals surface area contributed by atoms with Crippen molar-refractivity contribution in [3.05, 3.63) is 58.0 Å². The average molecular weight is 402 g/mol. The second-order valence-corrected chi connectivity index (χ2v) is 7.91. The Bertz CT molecular complexity index is 904. The summed E-state index contributed by atoms with van der Waals surface area (Å²) >= 11 is 2.94. The van der Waals surface area contributed by atoms with Crippen LogP contribution in [0.4, 0.5) is 5.69 Å². The molecule has 9 heteroatoms. The van der Waals surface area contributed by atoms with E-state index < -0.39 is 0 Å². The molecule has 0 atom stereocenters. The smallest absolute Gasteiger partial charge is 0.253 e. The van der Waals surface area contributed by atoms with E-state index in [-0.39, 0.29) is 17.6 Å². The van der Waals surface area contributed by atoms with Crippen LogP contribution in [0.2, 0.25) is 0 Å². The lowest BCUT2D eigenvalue weighted by Gasteiger charge is -2.10. The van der Waals surface area contributed by atoms with Gasteiger partial charge in [0.2, 0.25) is 11.1 Å². The molecule has 0 radical (unpaired) electrons. The third-order valence-electron chi connectivity index (χ3n) is 3.59. The van der Waals surface area contributed by atoms with Gasteiger partial charge in [0.1, 0.15) is 5.82 Å². The Labute approximate surface area is 165 Å². The van der Waals surface area contributed by atoms with Crippen molar-refractivity contribution in [3.8, 4) is 0 Å². The second-order valence-electron chi connectivity index (χ2n) is 5.93. The predicted molar refractivity (Wildman–Crippen MR) is 107 cm³/mol. The number of thioether (sulfide) groups is 1. The minimum atomic E-state index is -0.156. The second kappa shape index (κ2) is 8.83. The summed E-state index contributed by atoms with van der Waals surface area (Å²) in [4.78, 5) is 31.1. The van der Waals surface area contributed by atoms with Crippen LogP contribution in [0.25, 0.3) is 0 Å². The van der Waals surface area contributed by atoms with Crippen LogP contribution < -0.4 is 5.32 Å². The minimum absolute atomic E-state index is 0.0774. The highest BCUT2D eigenvalue weighted by Gasteiger charge is 2.10. The summed E-state index contributed by atoms with van der Waals surface area (Å²) in [6.07, 6.45) is 0.704. The normalized spacial score (nSPS) is 10.6. The van der Waals surface area contributed by atoms with Gasteiger partial charge in [-0.2, -0.15) is 0 Å². The Hall–Kier alpha value is -2.65. The van der Waals surface area contributed by atoms with Crippen molar-refractivity contribution >= 4 is 40.6 Å². The summed E-state index contributed by atoms with van der Waals surface area (Å²) in [5, 5.41) is 12.4. The van der Waals surface area contributed by atoms with E-state index in [9.17, 15) is 9.59 Å². The number of nitrogens with zero attached hydrogens (tertiary/aromatic N) is 3. The van der Waals surface area contributed by atoms with Gasteiger partial charge in [-0.3, -0.25) is 14.7 Å². The lowest BCUT2D eigenvalue weighted by atomic mass is 10.2. The molecule has 0 aliphatic rings. The van der Waals surface area contributed by atoms with Crippen LogP contribution in [0.3, 0.4) is 0 Å². The lowest BCUT2D eigenvalue weighted by Crippen LogP contribution is -2.21. The number of rotatable bonds is 7. The molecule has 0 bridgehead atoms. The van der Waals surface area contributed by atoms with Gasteiger partial charge in [0.25, 0.3) is 5.91 Å². The van der Waals surface area contributed by atoms with Crippen molar-refractivity contribution in [1.82, 2.24) is 20.1 Å². The van der Waals surface area contributed by atoms with Gasteiger partial charge in [-0.25, -0.2) is 4.98 Å². The van der Waals surface area contributed by atoms with E-state index in [2.05, 4.69) is 20.5 Å². The number of aromatic amines is 1. The van der Waals surface area contributed by atoms with E-state index in [4.69, 9.17) is 0 Å². The van der Waals surface area contributed by atoms with E-state index in [0.29, 0.717) is 22.8 Å². The number of benzene rings is 1. The predicted octanol–water partition coefficient (Wildman–Crippen LogP) is 2.89. The van der Waals surface area contributed by atoms with Crippen LogP contribution in [0.5, 0.6) is 0 Å². The number of hydrogen-bond acceptors (Lipinski definition) is 6. The number of H-pyrrole nitrogens is 1. The maximum atomic E-state index is 12.1. The van der Waals surface area contributed by atoms with Crippen molar-refractivity contribution in [1.29, 1.82) is 0 Å². The molecule has 1 aromatic carbocycles. The summed E-state index contributed by atoms with van der Waals surface area (Å²) in [6.45, 7) is 0. The first-order valence-electron chi connectivity index (χ1n) is 8.19. The molecule has 0 fully saturated rings. The maximum absolute atomic E-state index is 12.1. The molecule has 2 N–H and O–H groups in total. The molecule has 2 aromatic heterocycles. The van der Waals surface area contributed by atoms with E-state index in [1.165, 1.54) is 21.5 Å². The summed E-state index contributed by atoms with van der Waals surface area (Å²) < 4.78 is 0. The molecule has 3 rings (SSSR count). The fourth-order valence-electron chi connectivity index (χ4n) is 2.28. The standard InChI is InChI=1S/C18H19N5O2S2/c1-23(2)17(25)12-5-7-13(8-6-12)19-16(24)11-27-18-20-15(21-22-18)10-14-4-3-9-26-14/h3-9H,10-11H2,1-2H3,(H,19,24)(H,20,21,22). The fraction of sp³-hybridized carbons (Fsp3) is 0.222. The van der Waals surface area contributed by atoms with Crippen LogP contribution in [-0.4, -0.2) is 51.7 Å². The average Bonchev–Trinajstić information content (AvgIpc) is 3.32. The Morgan fingerprint density at radius 2 is 2.00 bits per heavy atom. The zero-order valence-electron chi connectivity index (χ0n) is 14.9. The number of amides is 2. The lowest BCUT2D eigenvalue weighted by molar-refractivity contribution is -0.113. The summed E-state index contributed by atoms with van der Waals surface area (Å²) in [5.74, 6) is 0.749. The molecule has 140 valence electrons. The van der Waals surface area contributed by atoms with Gasteiger partial charge >= 0.3 is 0 Å². The molecule has 0 saturated carbocycles. The fourth-order valence-corrected chi connectivity index (χ4v) is 3.61. The highest BCUT2D eigenvalue weighted by Crippen LogP contribution is 2.17. The van der Waals surface area contributed by atoms with E-state index in [1.807, 2.05) is 17.5 Å². The summed E-state index contributed by atoms with van der Waals surface area (Å²) in [7, 11) is 3.40. The molecule has 0 aliphatic carbocycles. The van der Waals surface area contributed by atoms with Crippen molar-refractivity contribution in [2.75, 3.05) is 25.2 Å². The number of anilines is 1. The third-order valence-corrected chi connectivity index (χ3v) is 5.31. The van der Waals surface area contributed by atoms with Gasteiger partial charge in [0.05, 0.1) is 5.75 Å². The number of nitrogens with one attached hydrogen (secondary N) is 2. The van der Waals surface area contributed by atoms with E-state index in [1.54, 1.807) is 49.7 Å². The Morgan fingerprint density at radius 1 is 1.22 bits per heavy atom. The summed E-state index contributed by atoms with van der Waals surface area (Å²) in [5.41, 5.74) is 1.22. The number of thiophene rings is 1. The van der Waals surface area contributed by atoms with Crippen molar-refractivity contribution in [2.24, 2.45) is 0 Å². The van der Waals surface area contributed by atoms with Crippen molar-refractivity contribution in [3.63, 3.8) is 0 Å². The topological polar surface area (TPSA) is 91.0 Å². The zero-order chi connectivity index (χ0) is 19.2. The number of aromatic nitrogens is 3. The van der Waals surface area contributed by atoms with Crippen molar-refractivity contribution < 1.29 is 9.59 Å². The molecule has 0 saturated heterocycles. The van der Waals surface area contributed by atoms with Gasteiger partial charge in [0.15, 0.2) is 0 Å².